The van der Waals surface area contributed by atoms with E-state index in [1.54, 1.807) is 0 Å². The zero-order chi connectivity index (χ0) is 40.3. The van der Waals surface area contributed by atoms with Crippen molar-refractivity contribution in [2.24, 2.45) is 0 Å². The van der Waals surface area contributed by atoms with E-state index in [1.807, 2.05) is 0 Å². The molecule has 1 aromatic heterocycles. The topological polar surface area (TPSA) is 25.8 Å². The van der Waals surface area contributed by atoms with Crippen LogP contribution < -0.4 is 0 Å². The van der Waals surface area contributed by atoms with E-state index in [1.165, 1.54) is 66.8 Å². The summed E-state index contributed by atoms with van der Waals surface area (Å²) in [5, 5.41) is 0. The van der Waals surface area contributed by atoms with E-state index in [0.717, 1.165) is 39.2 Å². The fourth-order valence-corrected chi connectivity index (χ4v) is 10.1. The molecule has 0 amide bonds. The minimum Gasteiger partial charge on any atom is -0.228 e. The van der Waals surface area contributed by atoms with Crippen molar-refractivity contribution in [2.75, 3.05) is 0 Å². The standard InChI is InChI=1S/C59H38N2/c1-3-17-39(18-4-1)40-31-33-42(34-32-40)56-38-57(50-27-10-7-21-44(50)41-19-5-2-6-20-41)61-58(60-56)43-35-36-55-51(37-43)49-26-13-16-30-54(49)59(55)52-28-14-11-24-47(52)45-22-8-9-23-46(45)48-25-12-15-29-53(48)59/h1-38H. The predicted octanol–water partition coefficient (Wildman–Crippen LogP) is 14.8. The van der Waals surface area contributed by atoms with Gasteiger partial charge < -0.3 is 0 Å². The maximum Gasteiger partial charge on any atom is 0.160 e. The second kappa shape index (κ2) is 14.1. The van der Waals surface area contributed by atoms with Crippen LogP contribution in [0.4, 0.5) is 0 Å². The lowest BCUT2D eigenvalue weighted by Gasteiger charge is -2.35. The Morgan fingerprint density at radius 2 is 0.623 bits per heavy atom. The van der Waals surface area contributed by atoms with Crippen LogP contribution in [0.2, 0.25) is 0 Å². The fraction of sp³-hybridized carbons (Fsp3) is 0.0169. The first-order valence-electron chi connectivity index (χ1n) is 21.0. The lowest BCUT2D eigenvalue weighted by Crippen LogP contribution is -2.29. The molecule has 0 aliphatic heterocycles. The Morgan fingerprint density at radius 1 is 0.230 bits per heavy atom. The predicted molar refractivity (Wildman–Crippen MR) is 251 cm³/mol. The van der Waals surface area contributed by atoms with Crippen LogP contribution in [0.1, 0.15) is 22.3 Å². The van der Waals surface area contributed by atoms with E-state index in [-0.39, 0.29) is 0 Å². The van der Waals surface area contributed by atoms with Gasteiger partial charge in [-0.3, -0.25) is 0 Å². The summed E-state index contributed by atoms with van der Waals surface area (Å²) < 4.78 is 0. The highest BCUT2D eigenvalue weighted by Crippen LogP contribution is 2.61. The maximum atomic E-state index is 5.44. The van der Waals surface area contributed by atoms with Gasteiger partial charge in [-0.15, -0.1) is 0 Å². The van der Waals surface area contributed by atoms with Gasteiger partial charge in [0, 0.05) is 16.7 Å². The van der Waals surface area contributed by atoms with Crippen LogP contribution >= 0.6 is 0 Å². The molecule has 10 aromatic rings. The molecule has 1 spiro atoms. The Bertz CT molecular complexity index is 3230. The van der Waals surface area contributed by atoms with Crippen molar-refractivity contribution < 1.29 is 0 Å². The normalized spacial score (nSPS) is 12.7. The third kappa shape index (κ3) is 5.50. The van der Waals surface area contributed by atoms with Crippen molar-refractivity contribution in [3.8, 4) is 89.5 Å². The molecule has 2 nitrogen and oxygen atoms in total. The van der Waals surface area contributed by atoms with Gasteiger partial charge in [0.25, 0.3) is 0 Å². The number of fused-ring (bicyclic) bond motifs is 12. The Labute approximate surface area is 356 Å². The fourth-order valence-electron chi connectivity index (χ4n) is 10.1. The first-order valence-corrected chi connectivity index (χ1v) is 21.0. The van der Waals surface area contributed by atoms with Gasteiger partial charge in [-0.25, -0.2) is 9.97 Å². The molecule has 2 aliphatic carbocycles. The molecule has 0 fully saturated rings. The molecule has 2 heteroatoms. The molecular formula is C59H38N2. The number of hydrogen-bond donors (Lipinski definition) is 0. The van der Waals surface area contributed by atoms with E-state index in [4.69, 9.17) is 9.97 Å². The van der Waals surface area contributed by atoms with E-state index >= 15 is 0 Å². The highest BCUT2D eigenvalue weighted by atomic mass is 14.9. The van der Waals surface area contributed by atoms with E-state index in [2.05, 4.69) is 231 Å². The van der Waals surface area contributed by atoms with Gasteiger partial charge in [-0.1, -0.05) is 218 Å². The average Bonchev–Trinajstić information content (AvgIpc) is 3.58. The first kappa shape index (κ1) is 35.0. The molecule has 0 bridgehead atoms. The van der Waals surface area contributed by atoms with Gasteiger partial charge in [0.2, 0.25) is 0 Å². The SMILES string of the molecule is c1ccc(-c2ccc(-c3cc(-c4ccccc4-c4ccccc4)nc(-c4ccc5c(c4)-c4ccccc4C54c5ccccc5-c5ccccc5-c5ccccc54)n3)cc2)cc1. The van der Waals surface area contributed by atoms with E-state index in [9.17, 15) is 0 Å². The summed E-state index contributed by atoms with van der Waals surface area (Å²) in [6.45, 7) is 0. The van der Waals surface area contributed by atoms with Gasteiger partial charge in [0.05, 0.1) is 16.8 Å². The van der Waals surface area contributed by atoms with Gasteiger partial charge in [-0.2, -0.15) is 0 Å². The lowest BCUT2D eigenvalue weighted by atomic mass is 9.66. The second-order valence-corrected chi connectivity index (χ2v) is 16.0. The van der Waals surface area contributed by atoms with Crippen LogP contribution in [0.5, 0.6) is 0 Å². The van der Waals surface area contributed by atoms with Crippen molar-refractivity contribution in [1.29, 1.82) is 0 Å². The van der Waals surface area contributed by atoms with Crippen LogP contribution in [0.3, 0.4) is 0 Å². The van der Waals surface area contributed by atoms with Crippen LogP contribution in [0, 0.1) is 0 Å². The van der Waals surface area contributed by atoms with Crippen molar-refractivity contribution in [1.82, 2.24) is 9.97 Å². The van der Waals surface area contributed by atoms with Crippen molar-refractivity contribution in [3.05, 3.63) is 253 Å². The molecule has 0 saturated heterocycles. The highest BCUT2D eigenvalue weighted by Gasteiger charge is 2.49. The number of nitrogens with zero attached hydrogens (tertiary/aromatic N) is 2. The molecule has 0 atom stereocenters. The molecule has 284 valence electrons. The Morgan fingerprint density at radius 3 is 1.21 bits per heavy atom. The van der Waals surface area contributed by atoms with Gasteiger partial charge in [-0.05, 0) is 90.0 Å². The molecule has 0 radical (unpaired) electrons. The summed E-state index contributed by atoms with van der Waals surface area (Å²) in [4.78, 5) is 10.8. The smallest absolute Gasteiger partial charge is 0.160 e. The van der Waals surface area contributed by atoms with Crippen molar-refractivity contribution in [2.45, 2.75) is 5.41 Å². The second-order valence-electron chi connectivity index (χ2n) is 16.0. The number of benzene rings is 9. The first-order chi connectivity index (χ1) is 30.3. The van der Waals surface area contributed by atoms with Gasteiger partial charge in [0.15, 0.2) is 5.82 Å². The van der Waals surface area contributed by atoms with Crippen molar-refractivity contribution in [3.63, 3.8) is 0 Å². The molecule has 0 N–H and O–H groups in total. The summed E-state index contributed by atoms with van der Waals surface area (Å²) in [5.74, 6) is 0.692. The molecular weight excluding hydrogens is 737 g/mol. The Balaban J connectivity index is 1.09. The molecule has 9 aromatic carbocycles. The highest BCUT2D eigenvalue weighted by molar-refractivity contribution is 5.98. The molecule has 0 saturated carbocycles. The molecule has 0 unspecified atom stereocenters. The minimum atomic E-state index is -0.542. The van der Waals surface area contributed by atoms with Crippen LogP contribution in [-0.4, -0.2) is 9.97 Å². The zero-order valence-corrected chi connectivity index (χ0v) is 33.3. The third-order valence-corrected chi connectivity index (χ3v) is 12.8. The Kier molecular flexibility index (Phi) is 8.11. The lowest BCUT2D eigenvalue weighted by molar-refractivity contribution is 0.775. The third-order valence-electron chi connectivity index (χ3n) is 12.8. The average molecular weight is 775 g/mol. The maximum absolute atomic E-state index is 5.44. The number of rotatable bonds is 5. The zero-order valence-electron chi connectivity index (χ0n) is 33.3. The Hall–Kier alpha value is -7.94. The van der Waals surface area contributed by atoms with Crippen LogP contribution in [0.25, 0.3) is 89.5 Å². The van der Waals surface area contributed by atoms with E-state index in [0.29, 0.717) is 5.82 Å². The monoisotopic (exact) mass is 774 g/mol. The van der Waals surface area contributed by atoms with Crippen molar-refractivity contribution >= 4 is 0 Å². The summed E-state index contributed by atoms with van der Waals surface area (Å²) in [7, 11) is 0. The summed E-state index contributed by atoms with van der Waals surface area (Å²) >= 11 is 0. The summed E-state index contributed by atoms with van der Waals surface area (Å²) in [5.41, 5.74) is 21.6. The molecule has 61 heavy (non-hydrogen) atoms. The van der Waals surface area contributed by atoms with Crippen LogP contribution in [-0.2, 0) is 5.41 Å². The molecule has 12 rings (SSSR count). The minimum absolute atomic E-state index is 0.542. The van der Waals surface area contributed by atoms with Gasteiger partial charge in [0.1, 0.15) is 0 Å². The molecule has 1 heterocycles. The van der Waals surface area contributed by atoms with Gasteiger partial charge >= 0.3 is 0 Å². The number of aromatic nitrogens is 2. The largest absolute Gasteiger partial charge is 0.228 e. The van der Waals surface area contributed by atoms with Crippen LogP contribution in [0.15, 0.2) is 231 Å². The molecule has 2 aliphatic rings. The quantitative estimate of drug-likeness (QED) is 0.174. The van der Waals surface area contributed by atoms with E-state index < -0.39 is 5.41 Å². The summed E-state index contributed by atoms with van der Waals surface area (Å²) in [6, 6.07) is 83.5. The number of hydrogen-bond acceptors (Lipinski definition) is 2. The summed E-state index contributed by atoms with van der Waals surface area (Å²) in [6.07, 6.45) is 0.